The zero-order valence-corrected chi connectivity index (χ0v) is 12.0. The summed E-state index contributed by atoms with van der Waals surface area (Å²) in [5.74, 6) is -1.60. The number of aryl methyl sites for hydroxylation is 1. The molecule has 1 heterocycles. The fraction of sp³-hybridized carbons (Fsp3) is 0.250. The topological polar surface area (TPSA) is 82.2 Å². The Morgan fingerprint density at radius 1 is 1.29 bits per heavy atom. The van der Waals surface area contributed by atoms with Crippen molar-refractivity contribution in [3.05, 3.63) is 53.3 Å². The molecule has 3 N–H and O–H groups in total. The summed E-state index contributed by atoms with van der Waals surface area (Å²) in [6, 6.07) is 11.1. The lowest BCUT2D eigenvalue weighted by molar-refractivity contribution is -0.117. The molecular weight excluding hydrogens is 268 g/mol. The number of rotatable bonds is 5. The van der Waals surface area contributed by atoms with E-state index in [2.05, 4.69) is 10.3 Å². The number of carboxylic acid groups (broad SMARTS) is 1. The highest BCUT2D eigenvalue weighted by molar-refractivity contribution is 6.01. The normalized spacial score (nSPS) is 11.9. The Morgan fingerprint density at radius 2 is 1.95 bits per heavy atom. The maximum absolute atomic E-state index is 12.4. The van der Waals surface area contributed by atoms with Gasteiger partial charge in [0.1, 0.15) is 5.69 Å². The van der Waals surface area contributed by atoms with Gasteiger partial charge in [0.05, 0.1) is 11.6 Å². The highest BCUT2D eigenvalue weighted by Crippen LogP contribution is 2.23. The van der Waals surface area contributed by atoms with E-state index < -0.39 is 5.97 Å². The number of benzene rings is 1. The number of carbonyl (C=O) groups excluding carboxylic acids is 1. The number of aromatic nitrogens is 1. The van der Waals surface area contributed by atoms with E-state index in [9.17, 15) is 9.59 Å². The van der Waals surface area contributed by atoms with Crippen molar-refractivity contribution in [1.29, 1.82) is 0 Å². The molecule has 21 heavy (non-hydrogen) atoms. The molecule has 0 bridgehead atoms. The zero-order chi connectivity index (χ0) is 15.4. The molecule has 1 aromatic heterocycles. The lowest BCUT2D eigenvalue weighted by Crippen LogP contribution is -2.21. The van der Waals surface area contributed by atoms with Crippen LogP contribution in [-0.4, -0.2) is 22.0 Å². The molecule has 5 nitrogen and oxygen atoms in total. The summed E-state index contributed by atoms with van der Waals surface area (Å²) in [7, 11) is 0. The van der Waals surface area contributed by atoms with Crippen LogP contribution in [0.1, 0.15) is 41.0 Å². The molecule has 0 fully saturated rings. The van der Waals surface area contributed by atoms with Crippen LogP contribution in [0.15, 0.2) is 36.4 Å². The third-order valence-corrected chi connectivity index (χ3v) is 3.35. The van der Waals surface area contributed by atoms with Gasteiger partial charge in [-0.3, -0.25) is 4.79 Å². The average Bonchev–Trinajstić information content (AvgIpc) is 2.82. The van der Waals surface area contributed by atoms with Crippen LogP contribution in [0.5, 0.6) is 0 Å². The molecule has 0 saturated carbocycles. The largest absolute Gasteiger partial charge is 0.477 e. The first-order chi connectivity index (χ1) is 10.0. The van der Waals surface area contributed by atoms with Gasteiger partial charge >= 0.3 is 5.97 Å². The van der Waals surface area contributed by atoms with E-state index in [1.54, 1.807) is 13.0 Å². The fourth-order valence-corrected chi connectivity index (χ4v) is 2.33. The molecule has 2 rings (SSSR count). The number of amides is 1. The van der Waals surface area contributed by atoms with Gasteiger partial charge in [-0.25, -0.2) is 4.79 Å². The smallest absolute Gasteiger partial charge is 0.354 e. The molecule has 2 aromatic rings. The Kier molecular flexibility index (Phi) is 4.42. The van der Waals surface area contributed by atoms with E-state index in [-0.39, 0.29) is 17.5 Å². The number of anilines is 1. The van der Waals surface area contributed by atoms with Crippen molar-refractivity contribution in [2.45, 2.75) is 26.2 Å². The number of carboxylic acids is 1. The van der Waals surface area contributed by atoms with Crippen LogP contribution >= 0.6 is 0 Å². The SMILES string of the molecule is CCC(C(=O)Nc1cc(C)[nH]c1C(=O)O)c1ccccc1. The van der Waals surface area contributed by atoms with Crippen molar-refractivity contribution < 1.29 is 14.7 Å². The third-order valence-electron chi connectivity index (χ3n) is 3.35. The standard InChI is InChI=1S/C16H18N2O3/c1-3-12(11-7-5-4-6-8-11)15(19)18-13-9-10(2)17-14(13)16(20)21/h4-9,12,17H,3H2,1-2H3,(H,18,19)(H,20,21). The molecule has 0 aliphatic heterocycles. The molecule has 110 valence electrons. The van der Waals surface area contributed by atoms with Crippen molar-refractivity contribution in [2.24, 2.45) is 0 Å². The van der Waals surface area contributed by atoms with Gasteiger partial charge in [-0.1, -0.05) is 37.3 Å². The Bertz CT molecular complexity index is 647. The molecule has 1 amide bonds. The summed E-state index contributed by atoms with van der Waals surface area (Å²) in [4.78, 5) is 26.3. The zero-order valence-electron chi connectivity index (χ0n) is 12.0. The van der Waals surface area contributed by atoms with Gasteiger partial charge < -0.3 is 15.4 Å². The van der Waals surface area contributed by atoms with Gasteiger partial charge in [0, 0.05) is 5.69 Å². The second-order valence-electron chi connectivity index (χ2n) is 4.91. The summed E-state index contributed by atoms with van der Waals surface area (Å²) in [5.41, 5.74) is 1.92. The summed E-state index contributed by atoms with van der Waals surface area (Å²) in [6.07, 6.45) is 0.641. The Labute approximate surface area is 123 Å². The van der Waals surface area contributed by atoms with E-state index in [0.717, 1.165) is 5.56 Å². The van der Waals surface area contributed by atoms with Gasteiger partial charge in [0.2, 0.25) is 5.91 Å². The second kappa shape index (κ2) is 6.26. The van der Waals surface area contributed by atoms with E-state index in [1.807, 2.05) is 37.3 Å². The van der Waals surface area contributed by atoms with Gasteiger partial charge in [-0.05, 0) is 25.0 Å². The summed E-state index contributed by atoms with van der Waals surface area (Å²) < 4.78 is 0. The van der Waals surface area contributed by atoms with Crippen LogP contribution in [0.2, 0.25) is 0 Å². The van der Waals surface area contributed by atoms with Crippen LogP contribution < -0.4 is 5.32 Å². The van der Waals surface area contributed by atoms with Gasteiger partial charge in [-0.2, -0.15) is 0 Å². The van der Waals surface area contributed by atoms with Crippen LogP contribution in [0, 0.1) is 6.92 Å². The first-order valence-corrected chi connectivity index (χ1v) is 6.81. The number of nitrogens with one attached hydrogen (secondary N) is 2. The number of hydrogen-bond donors (Lipinski definition) is 3. The minimum Gasteiger partial charge on any atom is -0.477 e. The van der Waals surface area contributed by atoms with E-state index in [4.69, 9.17) is 5.11 Å². The van der Waals surface area contributed by atoms with Crippen LogP contribution in [0.4, 0.5) is 5.69 Å². The number of aromatic carboxylic acids is 1. The number of carbonyl (C=O) groups is 2. The lowest BCUT2D eigenvalue weighted by atomic mass is 9.95. The van der Waals surface area contributed by atoms with Crippen LogP contribution in [0.3, 0.4) is 0 Å². The van der Waals surface area contributed by atoms with Crippen molar-refractivity contribution >= 4 is 17.6 Å². The first-order valence-electron chi connectivity index (χ1n) is 6.81. The van der Waals surface area contributed by atoms with Gasteiger partial charge in [0.25, 0.3) is 0 Å². The second-order valence-corrected chi connectivity index (χ2v) is 4.91. The van der Waals surface area contributed by atoms with Crippen molar-refractivity contribution in [2.75, 3.05) is 5.32 Å². The van der Waals surface area contributed by atoms with E-state index in [0.29, 0.717) is 17.8 Å². The Hall–Kier alpha value is -2.56. The van der Waals surface area contributed by atoms with Crippen molar-refractivity contribution in [1.82, 2.24) is 4.98 Å². The van der Waals surface area contributed by atoms with Crippen LogP contribution in [-0.2, 0) is 4.79 Å². The van der Waals surface area contributed by atoms with E-state index >= 15 is 0 Å². The molecular formula is C16H18N2O3. The predicted molar refractivity (Wildman–Crippen MR) is 80.6 cm³/mol. The highest BCUT2D eigenvalue weighted by atomic mass is 16.4. The minimum absolute atomic E-state index is 0.00349. The molecule has 0 spiro atoms. The maximum Gasteiger partial charge on any atom is 0.354 e. The fourth-order valence-electron chi connectivity index (χ4n) is 2.33. The molecule has 0 radical (unpaired) electrons. The molecule has 1 aromatic carbocycles. The van der Waals surface area contributed by atoms with Crippen LogP contribution in [0.25, 0.3) is 0 Å². The lowest BCUT2D eigenvalue weighted by Gasteiger charge is -2.15. The average molecular weight is 286 g/mol. The number of hydrogen-bond acceptors (Lipinski definition) is 2. The Balaban J connectivity index is 2.23. The number of H-pyrrole nitrogens is 1. The van der Waals surface area contributed by atoms with Crippen molar-refractivity contribution in [3.8, 4) is 0 Å². The van der Waals surface area contributed by atoms with E-state index in [1.165, 1.54) is 0 Å². The maximum atomic E-state index is 12.4. The predicted octanol–water partition coefficient (Wildman–Crippen LogP) is 3.15. The summed E-state index contributed by atoms with van der Waals surface area (Å²) in [6.45, 7) is 3.67. The molecule has 5 heteroatoms. The van der Waals surface area contributed by atoms with Gasteiger partial charge in [-0.15, -0.1) is 0 Å². The Morgan fingerprint density at radius 3 is 2.52 bits per heavy atom. The minimum atomic E-state index is -1.09. The molecule has 0 saturated heterocycles. The molecule has 1 unspecified atom stereocenters. The summed E-state index contributed by atoms with van der Waals surface area (Å²) >= 11 is 0. The number of aromatic amines is 1. The molecule has 0 aliphatic carbocycles. The van der Waals surface area contributed by atoms with Gasteiger partial charge in [0.15, 0.2) is 0 Å². The molecule has 0 aliphatic rings. The third kappa shape index (κ3) is 3.31. The summed E-state index contributed by atoms with van der Waals surface area (Å²) in [5, 5.41) is 11.8. The highest BCUT2D eigenvalue weighted by Gasteiger charge is 2.21. The molecule has 1 atom stereocenters. The monoisotopic (exact) mass is 286 g/mol. The quantitative estimate of drug-likeness (QED) is 0.789. The first kappa shape index (κ1) is 14.8. The van der Waals surface area contributed by atoms with Crippen molar-refractivity contribution in [3.63, 3.8) is 0 Å².